The van der Waals surface area contributed by atoms with E-state index in [0.717, 1.165) is 30.5 Å². The molecule has 3 rings (SSSR count). The molecule has 1 saturated heterocycles. The van der Waals surface area contributed by atoms with Gasteiger partial charge < -0.3 is 14.8 Å². The average molecular weight is 290 g/mol. The van der Waals surface area contributed by atoms with Gasteiger partial charge in [0.25, 0.3) is 0 Å². The molecule has 1 N–H and O–H groups in total. The fourth-order valence-electron chi connectivity index (χ4n) is 3.25. The number of benzene rings is 1. The summed E-state index contributed by atoms with van der Waals surface area (Å²) in [5.41, 5.74) is 0. The Morgan fingerprint density at radius 1 is 1.19 bits per heavy atom. The van der Waals surface area contributed by atoms with Crippen LogP contribution in [0.3, 0.4) is 0 Å². The van der Waals surface area contributed by atoms with Crippen molar-refractivity contribution >= 4 is 0 Å². The van der Waals surface area contributed by atoms with Crippen LogP contribution in [-0.4, -0.2) is 50.8 Å². The zero-order valence-electron chi connectivity index (χ0n) is 12.9. The molecule has 0 saturated carbocycles. The monoisotopic (exact) mass is 290 g/mol. The van der Waals surface area contributed by atoms with Crippen molar-refractivity contribution in [1.29, 1.82) is 0 Å². The number of fused-ring (bicyclic) bond motifs is 1. The summed E-state index contributed by atoms with van der Waals surface area (Å²) >= 11 is 0. The van der Waals surface area contributed by atoms with Crippen LogP contribution in [0.4, 0.5) is 0 Å². The molecule has 0 radical (unpaired) electrons. The molecule has 4 nitrogen and oxygen atoms in total. The summed E-state index contributed by atoms with van der Waals surface area (Å²) in [6.07, 6.45) is 4.09. The Morgan fingerprint density at radius 2 is 1.95 bits per heavy atom. The third kappa shape index (κ3) is 3.89. The summed E-state index contributed by atoms with van der Waals surface area (Å²) in [6.45, 7) is 5.16. The van der Waals surface area contributed by atoms with Gasteiger partial charge in [-0.3, -0.25) is 4.90 Å². The van der Waals surface area contributed by atoms with Crippen LogP contribution in [0.5, 0.6) is 11.5 Å². The molecule has 4 heteroatoms. The van der Waals surface area contributed by atoms with E-state index in [1.807, 2.05) is 31.3 Å². The second-order valence-corrected chi connectivity index (χ2v) is 6.13. The van der Waals surface area contributed by atoms with Crippen molar-refractivity contribution in [1.82, 2.24) is 10.2 Å². The summed E-state index contributed by atoms with van der Waals surface area (Å²) in [7, 11) is 2.04. The van der Waals surface area contributed by atoms with Gasteiger partial charge in [-0.1, -0.05) is 12.1 Å². The maximum atomic E-state index is 6.05. The van der Waals surface area contributed by atoms with Crippen molar-refractivity contribution in [2.75, 3.05) is 39.8 Å². The van der Waals surface area contributed by atoms with E-state index in [-0.39, 0.29) is 6.10 Å². The number of piperidine rings is 1. The van der Waals surface area contributed by atoms with Crippen molar-refractivity contribution in [2.24, 2.45) is 5.92 Å². The fraction of sp³-hybridized carbons (Fsp3) is 0.647. The fourth-order valence-corrected chi connectivity index (χ4v) is 3.25. The van der Waals surface area contributed by atoms with Gasteiger partial charge in [0.2, 0.25) is 0 Å². The molecule has 2 aliphatic rings. The molecule has 0 amide bonds. The van der Waals surface area contributed by atoms with Crippen molar-refractivity contribution in [3.05, 3.63) is 24.3 Å². The van der Waals surface area contributed by atoms with E-state index in [9.17, 15) is 0 Å². The lowest BCUT2D eigenvalue weighted by molar-refractivity contribution is 0.0473. The SMILES string of the molecule is CNCCC1CCN(CC2COc3ccccc3O2)CC1. The largest absolute Gasteiger partial charge is 0.486 e. The molecule has 1 fully saturated rings. The van der Waals surface area contributed by atoms with E-state index in [1.54, 1.807) is 0 Å². The van der Waals surface area contributed by atoms with Crippen LogP contribution in [0.2, 0.25) is 0 Å². The highest BCUT2D eigenvalue weighted by Gasteiger charge is 2.25. The van der Waals surface area contributed by atoms with Gasteiger partial charge in [-0.2, -0.15) is 0 Å². The van der Waals surface area contributed by atoms with Crippen LogP contribution >= 0.6 is 0 Å². The Labute approximate surface area is 127 Å². The Hall–Kier alpha value is -1.26. The molecule has 1 aromatic carbocycles. The first-order valence-electron chi connectivity index (χ1n) is 8.10. The quantitative estimate of drug-likeness (QED) is 0.901. The number of hydrogen-bond donors (Lipinski definition) is 1. The summed E-state index contributed by atoms with van der Waals surface area (Å²) in [5.74, 6) is 2.65. The number of nitrogens with zero attached hydrogens (tertiary/aromatic N) is 1. The lowest BCUT2D eigenvalue weighted by Crippen LogP contribution is -2.44. The zero-order chi connectivity index (χ0) is 14.5. The molecule has 21 heavy (non-hydrogen) atoms. The topological polar surface area (TPSA) is 33.7 Å². The van der Waals surface area contributed by atoms with E-state index >= 15 is 0 Å². The molecule has 0 aromatic heterocycles. The van der Waals surface area contributed by atoms with Crippen LogP contribution in [0.1, 0.15) is 19.3 Å². The lowest BCUT2D eigenvalue weighted by Gasteiger charge is -2.35. The first kappa shape index (κ1) is 14.7. The number of para-hydroxylation sites is 2. The molecular weight excluding hydrogens is 264 g/mol. The molecule has 1 unspecified atom stereocenters. The van der Waals surface area contributed by atoms with Crippen LogP contribution in [0, 0.1) is 5.92 Å². The number of hydrogen-bond acceptors (Lipinski definition) is 4. The van der Waals surface area contributed by atoms with Gasteiger partial charge in [0.1, 0.15) is 12.7 Å². The van der Waals surface area contributed by atoms with E-state index in [0.29, 0.717) is 6.61 Å². The average Bonchev–Trinajstić information content (AvgIpc) is 2.54. The smallest absolute Gasteiger partial charge is 0.161 e. The van der Waals surface area contributed by atoms with Crippen molar-refractivity contribution in [3.8, 4) is 11.5 Å². The number of nitrogens with one attached hydrogen (secondary N) is 1. The normalized spacial score (nSPS) is 23.2. The molecule has 0 aliphatic carbocycles. The van der Waals surface area contributed by atoms with Crippen LogP contribution in [0.25, 0.3) is 0 Å². The van der Waals surface area contributed by atoms with Crippen molar-refractivity contribution in [2.45, 2.75) is 25.4 Å². The summed E-state index contributed by atoms with van der Waals surface area (Å²) < 4.78 is 11.8. The molecule has 2 heterocycles. The maximum Gasteiger partial charge on any atom is 0.161 e. The molecular formula is C17H26N2O2. The minimum atomic E-state index is 0.161. The second-order valence-electron chi connectivity index (χ2n) is 6.13. The molecule has 116 valence electrons. The van der Waals surface area contributed by atoms with Crippen molar-refractivity contribution in [3.63, 3.8) is 0 Å². The van der Waals surface area contributed by atoms with E-state index < -0.39 is 0 Å². The van der Waals surface area contributed by atoms with Crippen LogP contribution in [-0.2, 0) is 0 Å². The second kappa shape index (κ2) is 7.14. The van der Waals surface area contributed by atoms with Gasteiger partial charge in [0.15, 0.2) is 11.5 Å². The minimum Gasteiger partial charge on any atom is -0.486 e. The predicted molar refractivity (Wildman–Crippen MR) is 84.1 cm³/mol. The highest BCUT2D eigenvalue weighted by molar-refractivity contribution is 5.40. The lowest BCUT2D eigenvalue weighted by atomic mass is 9.93. The van der Waals surface area contributed by atoms with Crippen LogP contribution < -0.4 is 14.8 Å². The Kier molecular flexibility index (Phi) is 4.99. The molecule has 0 spiro atoms. The molecule has 1 aromatic rings. The van der Waals surface area contributed by atoms with Gasteiger partial charge in [-0.25, -0.2) is 0 Å². The Bertz CT molecular complexity index is 444. The van der Waals surface area contributed by atoms with Crippen LogP contribution in [0.15, 0.2) is 24.3 Å². The molecule has 1 atom stereocenters. The zero-order valence-corrected chi connectivity index (χ0v) is 12.9. The van der Waals surface area contributed by atoms with Crippen molar-refractivity contribution < 1.29 is 9.47 Å². The molecule has 0 bridgehead atoms. The Balaban J connectivity index is 1.44. The third-order valence-electron chi connectivity index (χ3n) is 4.54. The molecule has 2 aliphatic heterocycles. The van der Waals surface area contributed by atoms with Gasteiger partial charge >= 0.3 is 0 Å². The van der Waals surface area contributed by atoms with Gasteiger partial charge in [-0.05, 0) is 64.0 Å². The predicted octanol–water partition coefficient (Wildman–Crippen LogP) is 2.15. The summed E-state index contributed by atoms with van der Waals surface area (Å²) in [4.78, 5) is 2.53. The van der Waals surface area contributed by atoms with E-state index in [1.165, 1.54) is 32.4 Å². The maximum absolute atomic E-state index is 6.05. The highest BCUT2D eigenvalue weighted by Crippen LogP contribution is 2.31. The van der Waals surface area contributed by atoms with Gasteiger partial charge in [-0.15, -0.1) is 0 Å². The van der Waals surface area contributed by atoms with E-state index in [4.69, 9.17) is 9.47 Å². The Morgan fingerprint density at radius 3 is 2.71 bits per heavy atom. The van der Waals surface area contributed by atoms with E-state index in [2.05, 4.69) is 10.2 Å². The number of likely N-dealkylation sites (tertiary alicyclic amines) is 1. The summed E-state index contributed by atoms with van der Waals surface area (Å²) in [6, 6.07) is 7.95. The third-order valence-corrected chi connectivity index (χ3v) is 4.54. The van der Waals surface area contributed by atoms with Gasteiger partial charge in [0.05, 0.1) is 0 Å². The minimum absolute atomic E-state index is 0.161. The first-order chi connectivity index (χ1) is 10.3. The number of ether oxygens (including phenoxy) is 2. The standard InChI is InChI=1S/C17H26N2O2/c1-18-9-6-14-7-10-19(11-8-14)12-15-13-20-16-4-2-3-5-17(16)21-15/h2-5,14-15,18H,6-13H2,1H3. The summed E-state index contributed by atoms with van der Waals surface area (Å²) in [5, 5.41) is 3.25. The van der Waals surface area contributed by atoms with Gasteiger partial charge in [0, 0.05) is 6.54 Å². The highest BCUT2D eigenvalue weighted by atomic mass is 16.6. The number of rotatable bonds is 5. The first-order valence-corrected chi connectivity index (χ1v) is 8.10.